The Kier molecular flexibility index (Phi) is 4.68. The number of carbonyl (C=O) groups excluding carboxylic acids is 1. The number of halogens is 2. The summed E-state index contributed by atoms with van der Waals surface area (Å²) in [4.78, 5) is 17.0. The highest BCUT2D eigenvalue weighted by Gasteiger charge is 2.18. The van der Waals surface area contributed by atoms with Crippen molar-refractivity contribution in [3.63, 3.8) is 0 Å². The minimum atomic E-state index is -0.853. The van der Waals surface area contributed by atoms with Gasteiger partial charge in [-0.05, 0) is 24.3 Å². The van der Waals surface area contributed by atoms with Crippen LogP contribution < -0.4 is 5.32 Å². The molecule has 0 fully saturated rings. The first kappa shape index (κ1) is 17.6. The molecular weight excluding hydrogens is 362 g/mol. The zero-order valence-corrected chi connectivity index (χ0v) is 14.5. The second kappa shape index (κ2) is 7.44. The molecule has 0 radical (unpaired) electrons. The number of nitrogens with one attached hydrogen (secondary N) is 1. The molecule has 0 spiro atoms. The van der Waals surface area contributed by atoms with Crippen molar-refractivity contribution < 1.29 is 18.0 Å². The Balaban J connectivity index is 1.66. The van der Waals surface area contributed by atoms with Gasteiger partial charge >= 0.3 is 0 Å². The highest BCUT2D eigenvalue weighted by atomic mass is 19.1. The summed E-state index contributed by atoms with van der Waals surface area (Å²) in [5.74, 6) is -1.29. The molecule has 0 aliphatic carbocycles. The minimum absolute atomic E-state index is 0.112. The fourth-order valence-electron chi connectivity index (χ4n) is 2.78. The Morgan fingerprint density at radius 3 is 2.46 bits per heavy atom. The van der Waals surface area contributed by atoms with E-state index in [1.807, 2.05) is 30.3 Å². The van der Waals surface area contributed by atoms with E-state index in [4.69, 9.17) is 4.42 Å². The van der Waals surface area contributed by atoms with Crippen molar-refractivity contribution in [1.29, 1.82) is 0 Å². The van der Waals surface area contributed by atoms with E-state index < -0.39 is 17.5 Å². The van der Waals surface area contributed by atoms with Gasteiger partial charge in [-0.1, -0.05) is 42.5 Å². The van der Waals surface area contributed by atoms with Gasteiger partial charge < -0.3 is 9.73 Å². The third-order valence-electron chi connectivity index (χ3n) is 4.15. The van der Waals surface area contributed by atoms with Crippen LogP contribution >= 0.6 is 0 Å². The van der Waals surface area contributed by atoms with Crippen LogP contribution in [0.3, 0.4) is 0 Å². The third kappa shape index (κ3) is 3.53. The van der Waals surface area contributed by atoms with Gasteiger partial charge in [-0.3, -0.25) is 4.79 Å². The van der Waals surface area contributed by atoms with E-state index in [0.29, 0.717) is 17.4 Å². The topological polar surface area (TPSA) is 55.1 Å². The van der Waals surface area contributed by atoms with E-state index in [-0.39, 0.29) is 17.1 Å². The Bertz CT molecular complexity index is 1140. The van der Waals surface area contributed by atoms with Crippen molar-refractivity contribution in [3.05, 3.63) is 96.2 Å². The van der Waals surface area contributed by atoms with Gasteiger partial charge in [-0.2, -0.15) is 0 Å². The lowest BCUT2D eigenvalue weighted by Gasteiger charge is -2.09. The highest BCUT2D eigenvalue weighted by Crippen LogP contribution is 2.28. The standard InChI is InChI=1S/C22H14F2N2O2/c23-15-10-11-19(18(24)12-15)26-21(27)16-8-4-5-9-17(16)22-25-13-20(28-22)14-6-2-1-3-7-14/h1-13H,(H,26,27). The first-order valence-electron chi connectivity index (χ1n) is 8.49. The van der Waals surface area contributed by atoms with Crippen molar-refractivity contribution in [1.82, 2.24) is 4.98 Å². The zero-order valence-electron chi connectivity index (χ0n) is 14.5. The monoisotopic (exact) mass is 376 g/mol. The second-order valence-electron chi connectivity index (χ2n) is 6.02. The van der Waals surface area contributed by atoms with E-state index in [1.165, 1.54) is 6.07 Å². The second-order valence-corrected chi connectivity index (χ2v) is 6.02. The summed E-state index contributed by atoms with van der Waals surface area (Å²) in [6.07, 6.45) is 1.58. The number of benzene rings is 3. The molecule has 0 unspecified atom stereocenters. The van der Waals surface area contributed by atoms with Crippen molar-refractivity contribution in [2.75, 3.05) is 5.32 Å². The van der Waals surface area contributed by atoms with Gasteiger partial charge in [0.1, 0.15) is 11.6 Å². The Labute approximate surface area is 159 Å². The van der Waals surface area contributed by atoms with E-state index in [9.17, 15) is 13.6 Å². The smallest absolute Gasteiger partial charge is 0.256 e. The van der Waals surface area contributed by atoms with Gasteiger partial charge in [0.05, 0.1) is 17.4 Å². The van der Waals surface area contributed by atoms with Crippen LogP contribution in [0.25, 0.3) is 22.8 Å². The summed E-state index contributed by atoms with van der Waals surface area (Å²) in [7, 11) is 0. The lowest BCUT2D eigenvalue weighted by atomic mass is 10.1. The summed E-state index contributed by atoms with van der Waals surface area (Å²) < 4.78 is 32.7. The predicted molar refractivity (Wildman–Crippen MR) is 102 cm³/mol. The molecule has 0 atom stereocenters. The molecular formula is C22H14F2N2O2. The number of oxazole rings is 1. The van der Waals surface area contributed by atoms with Gasteiger partial charge in [0.2, 0.25) is 5.89 Å². The molecule has 0 saturated heterocycles. The molecule has 1 aromatic heterocycles. The van der Waals surface area contributed by atoms with Crippen LogP contribution in [0.5, 0.6) is 0 Å². The Morgan fingerprint density at radius 1 is 0.929 bits per heavy atom. The van der Waals surface area contributed by atoms with Crippen molar-refractivity contribution in [2.45, 2.75) is 0 Å². The largest absolute Gasteiger partial charge is 0.436 e. The molecule has 4 rings (SSSR count). The number of nitrogens with zero attached hydrogens (tertiary/aromatic N) is 1. The number of hydrogen-bond donors (Lipinski definition) is 1. The molecule has 28 heavy (non-hydrogen) atoms. The molecule has 1 amide bonds. The van der Waals surface area contributed by atoms with Crippen molar-refractivity contribution >= 4 is 11.6 Å². The number of aromatic nitrogens is 1. The first-order valence-corrected chi connectivity index (χ1v) is 8.49. The normalized spacial score (nSPS) is 10.6. The van der Waals surface area contributed by atoms with Crippen LogP contribution in [-0.4, -0.2) is 10.9 Å². The molecule has 0 bridgehead atoms. The minimum Gasteiger partial charge on any atom is -0.436 e. The SMILES string of the molecule is O=C(Nc1ccc(F)cc1F)c1ccccc1-c1ncc(-c2ccccc2)o1. The molecule has 4 aromatic rings. The van der Waals surface area contributed by atoms with Crippen LogP contribution in [0.1, 0.15) is 10.4 Å². The molecule has 1 heterocycles. The van der Waals surface area contributed by atoms with Crippen LogP contribution in [0.4, 0.5) is 14.5 Å². The van der Waals surface area contributed by atoms with Gasteiger partial charge in [0.25, 0.3) is 5.91 Å². The van der Waals surface area contributed by atoms with Gasteiger partial charge in [-0.15, -0.1) is 0 Å². The zero-order chi connectivity index (χ0) is 19.5. The number of amides is 1. The maximum absolute atomic E-state index is 13.9. The Morgan fingerprint density at radius 2 is 1.68 bits per heavy atom. The highest BCUT2D eigenvalue weighted by molar-refractivity contribution is 6.08. The molecule has 6 heteroatoms. The quantitative estimate of drug-likeness (QED) is 0.509. The Hall–Kier alpha value is -3.80. The maximum atomic E-state index is 13.9. The van der Waals surface area contributed by atoms with E-state index in [1.54, 1.807) is 30.5 Å². The first-order chi connectivity index (χ1) is 13.6. The molecule has 4 nitrogen and oxygen atoms in total. The fraction of sp³-hybridized carbons (Fsp3) is 0. The number of anilines is 1. The summed E-state index contributed by atoms with van der Waals surface area (Å²) in [5, 5.41) is 2.45. The molecule has 0 aliphatic heterocycles. The lowest BCUT2D eigenvalue weighted by molar-refractivity contribution is 0.102. The summed E-state index contributed by atoms with van der Waals surface area (Å²) in [6.45, 7) is 0. The molecule has 3 aromatic carbocycles. The summed E-state index contributed by atoms with van der Waals surface area (Å²) >= 11 is 0. The average molecular weight is 376 g/mol. The molecule has 0 saturated carbocycles. The van der Waals surface area contributed by atoms with Crippen LogP contribution in [0.15, 0.2) is 83.4 Å². The van der Waals surface area contributed by atoms with Gasteiger partial charge in [0.15, 0.2) is 5.76 Å². The number of rotatable bonds is 4. The summed E-state index contributed by atoms with van der Waals surface area (Å²) in [6, 6.07) is 19.1. The van der Waals surface area contributed by atoms with Gasteiger partial charge in [-0.25, -0.2) is 13.8 Å². The maximum Gasteiger partial charge on any atom is 0.256 e. The summed E-state index contributed by atoms with van der Waals surface area (Å²) in [5.41, 5.74) is 1.47. The third-order valence-corrected chi connectivity index (χ3v) is 4.15. The fourth-order valence-corrected chi connectivity index (χ4v) is 2.78. The predicted octanol–water partition coefficient (Wildman–Crippen LogP) is 5.54. The number of carbonyl (C=O) groups is 1. The van der Waals surface area contributed by atoms with Crippen LogP contribution in [-0.2, 0) is 0 Å². The average Bonchev–Trinajstić information content (AvgIpc) is 3.21. The van der Waals surface area contributed by atoms with Crippen LogP contribution in [0, 0.1) is 11.6 Å². The lowest BCUT2D eigenvalue weighted by Crippen LogP contribution is -2.14. The molecule has 138 valence electrons. The van der Waals surface area contributed by atoms with E-state index in [2.05, 4.69) is 10.3 Å². The van der Waals surface area contributed by atoms with Crippen LogP contribution in [0.2, 0.25) is 0 Å². The van der Waals surface area contributed by atoms with Gasteiger partial charge in [0, 0.05) is 17.2 Å². The molecule has 0 aliphatic rings. The van der Waals surface area contributed by atoms with Crippen molar-refractivity contribution in [3.8, 4) is 22.8 Å². The van der Waals surface area contributed by atoms with E-state index >= 15 is 0 Å². The van der Waals surface area contributed by atoms with E-state index in [0.717, 1.165) is 11.6 Å². The number of hydrogen-bond acceptors (Lipinski definition) is 3. The molecule has 1 N–H and O–H groups in total. The van der Waals surface area contributed by atoms with Crippen molar-refractivity contribution in [2.24, 2.45) is 0 Å².